The molecule has 28 heavy (non-hydrogen) atoms. The first-order valence-corrected chi connectivity index (χ1v) is 9.76. The third-order valence-electron chi connectivity index (χ3n) is 4.75. The van der Waals surface area contributed by atoms with Gasteiger partial charge in [0.1, 0.15) is 5.75 Å². The van der Waals surface area contributed by atoms with Crippen LogP contribution in [0.25, 0.3) is 0 Å². The van der Waals surface area contributed by atoms with Crippen molar-refractivity contribution in [1.29, 1.82) is 0 Å². The number of halogens is 1. The number of methoxy groups -OCH3 is 2. The van der Waals surface area contributed by atoms with Crippen molar-refractivity contribution in [2.45, 2.75) is 26.8 Å². The molecule has 0 fully saturated rings. The highest BCUT2D eigenvalue weighted by Gasteiger charge is 2.24. The van der Waals surface area contributed by atoms with Crippen molar-refractivity contribution < 1.29 is 19.0 Å². The van der Waals surface area contributed by atoms with Gasteiger partial charge in [-0.05, 0) is 47.7 Å². The Balaban J connectivity index is 1.83. The smallest absolute Gasteiger partial charge is 0.254 e. The fourth-order valence-electron chi connectivity index (χ4n) is 3.25. The van der Waals surface area contributed by atoms with Crippen LogP contribution in [0.5, 0.6) is 17.2 Å². The van der Waals surface area contributed by atoms with Crippen LogP contribution < -0.4 is 14.2 Å². The minimum absolute atomic E-state index is 0.0796. The normalized spacial score (nSPS) is 13.3. The van der Waals surface area contributed by atoms with E-state index < -0.39 is 0 Å². The van der Waals surface area contributed by atoms with Crippen molar-refractivity contribution in [3.05, 3.63) is 52.0 Å². The summed E-state index contributed by atoms with van der Waals surface area (Å²) in [5.41, 5.74) is 2.84. The quantitative estimate of drug-likeness (QED) is 0.707. The molecule has 6 heteroatoms. The molecule has 5 nitrogen and oxygen atoms in total. The molecular weight excluding hydrogens is 378 g/mol. The van der Waals surface area contributed by atoms with Crippen molar-refractivity contribution in [2.24, 2.45) is 5.92 Å². The van der Waals surface area contributed by atoms with Crippen LogP contribution in [-0.4, -0.2) is 38.2 Å². The van der Waals surface area contributed by atoms with Crippen LogP contribution in [0.3, 0.4) is 0 Å². The summed E-state index contributed by atoms with van der Waals surface area (Å²) in [6, 6.07) is 9.37. The van der Waals surface area contributed by atoms with E-state index in [1.165, 1.54) is 5.56 Å². The highest BCUT2D eigenvalue weighted by molar-refractivity contribution is 6.32. The maximum atomic E-state index is 13.1. The van der Waals surface area contributed by atoms with E-state index in [-0.39, 0.29) is 5.91 Å². The van der Waals surface area contributed by atoms with Crippen molar-refractivity contribution in [3.63, 3.8) is 0 Å². The largest absolute Gasteiger partial charge is 0.497 e. The van der Waals surface area contributed by atoms with E-state index >= 15 is 0 Å². The van der Waals surface area contributed by atoms with Gasteiger partial charge >= 0.3 is 0 Å². The Morgan fingerprint density at radius 1 is 1.14 bits per heavy atom. The molecule has 2 aromatic carbocycles. The molecule has 0 saturated heterocycles. The van der Waals surface area contributed by atoms with Crippen LogP contribution in [0, 0.1) is 5.92 Å². The van der Waals surface area contributed by atoms with Crippen LogP contribution in [0.1, 0.15) is 35.3 Å². The molecule has 0 saturated carbocycles. The monoisotopic (exact) mass is 403 g/mol. The lowest BCUT2D eigenvalue weighted by atomic mass is 9.98. The molecule has 0 atom stereocenters. The number of fused-ring (bicyclic) bond motifs is 1. The van der Waals surface area contributed by atoms with Crippen LogP contribution in [-0.2, 0) is 13.0 Å². The Hall–Kier alpha value is -2.40. The first-order valence-electron chi connectivity index (χ1n) is 9.38. The lowest BCUT2D eigenvalue weighted by Gasteiger charge is -2.29. The van der Waals surface area contributed by atoms with Crippen molar-refractivity contribution in [1.82, 2.24) is 4.90 Å². The summed E-state index contributed by atoms with van der Waals surface area (Å²) in [6.07, 6.45) is 0.811. The first kappa shape index (κ1) is 20.3. The molecule has 0 aromatic heterocycles. The van der Waals surface area contributed by atoms with Crippen molar-refractivity contribution >= 4 is 17.5 Å². The van der Waals surface area contributed by atoms with E-state index in [1.807, 2.05) is 17.0 Å². The van der Waals surface area contributed by atoms with Gasteiger partial charge in [0.2, 0.25) is 0 Å². The van der Waals surface area contributed by atoms with Gasteiger partial charge in [-0.15, -0.1) is 0 Å². The Labute approximate surface area is 171 Å². The Morgan fingerprint density at radius 2 is 1.93 bits per heavy atom. The average molecular weight is 404 g/mol. The van der Waals surface area contributed by atoms with Gasteiger partial charge in [0.25, 0.3) is 5.91 Å². The number of amides is 1. The van der Waals surface area contributed by atoms with Crippen LogP contribution in [0.15, 0.2) is 30.3 Å². The number of nitrogens with zero attached hydrogens (tertiary/aromatic N) is 1. The SMILES string of the molecule is COc1ccc2c(c1)CN(C(=O)c1cc(Cl)c(OCC(C)C)c(OC)c1)CC2. The highest BCUT2D eigenvalue weighted by Crippen LogP contribution is 2.37. The van der Waals surface area contributed by atoms with E-state index in [9.17, 15) is 4.79 Å². The zero-order valence-electron chi connectivity index (χ0n) is 16.8. The molecule has 0 N–H and O–H groups in total. The van der Waals surface area contributed by atoms with E-state index in [0.29, 0.717) is 47.7 Å². The summed E-state index contributed by atoms with van der Waals surface area (Å²) in [4.78, 5) is 14.9. The van der Waals surface area contributed by atoms with Gasteiger partial charge in [0, 0.05) is 18.7 Å². The molecule has 0 aliphatic carbocycles. The van der Waals surface area contributed by atoms with Crippen LogP contribution in [0.4, 0.5) is 0 Å². The Kier molecular flexibility index (Phi) is 6.35. The highest BCUT2D eigenvalue weighted by atomic mass is 35.5. The molecule has 1 amide bonds. The summed E-state index contributed by atoms with van der Waals surface area (Å²) in [7, 11) is 3.19. The number of hydrogen-bond acceptors (Lipinski definition) is 4. The molecule has 0 unspecified atom stereocenters. The number of rotatable bonds is 6. The maximum Gasteiger partial charge on any atom is 0.254 e. The molecule has 1 heterocycles. The summed E-state index contributed by atoms with van der Waals surface area (Å²) in [5.74, 6) is 2.01. The van der Waals surface area contributed by atoms with E-state index in [1.54, 1.807) is 26.4 Å². The standard InChI is InChI=1S/C22H26ClNO4/c1-14(2)13-28-21-19(23)10-16(11-20(21)27-4)22(25)24-8-7-15-5-6-18(26-3)9-17(15)12-24/h5-6,9-11,14H,7-8,12-13H2,1-4H3. The van der Waals surface area contributed by atoms with Crippen LogP contribution >= 0.6 is 11.6 Å². The third-order valence-corrected chi connectivity index (χ3v) is 5.03. The molecule has 0 spiro atoms. The summed E-state index contributed by atoms with van der Waals surface area (Å²) in [6.45, 7) is 5.83. The predicted octanol–water partition coefficient (Wildman–Crippen LogP) is 4.59. The maximum absolute atomic E-state index is 13.1. The summed E-state index contributed by atoms with van der Waals surface area (Å²) in [5, 5.41) is 0.377. The van der Waals surface area contributed by atoms with E-state index in [2.05, 4.69) is 19.9 Å². The van der Waals surface area contributed by atoms with Gasteiger partial charge in [0.05, 0.1) is 25.8 Å². The molecule has 1 aliphatic heterocycles. The Morgan fingerprint density at radius 3 is 2.61 bits per heavy atom. The molecule has 150 valence electrons. The second-order valence-electron chi connectivity index (χ2n) is 7.31. The third kappa shape index (κ3) is 4.36. The lowest BCUT2D eigenvalue weighted by Crippen LogP contribution is -2.36. The van der Waals surface area contributed by atoms with Gasteiger partial charge in [-0.2, -0.15) is 0 Å². The molecular formula is C22H26ClNO4. The van der Waals surface area contributed by atoms with Crippen LogP contribution in [0.2, 0.25) is 5.02 Å². The summed E-state index contributed by atoms with van der Waals surface area (Å²) < 4.78 is 16.5. The zero-order chi connectivity index (χ0) is 20.3. The van der Waals surface area contributed by atoms with Crippen molar-refractivity contribution in [3.8, 4) is 17.2 Å². The number of hydrogen-bond donors (Lipinski definition) is 0. The molecule has 0 radical (unpaired) electrons. The number of carbonyl (C=O) groups is 1. The second kappa shape index (κ2) is 8.74. The molecule has 2 aromatic rings. The fourth-order valence-corrected chi connectivity index (χ4v) is 3.51. The van der Waals surface area contributed by atoms with E-state index in [4.69, 9.17) is 25.8 Å². The van der Waals surface area contributed by atoms with Gasteiger partial charge in [0.15, 0.2) is 11.5 Å². The minimum atomic E-state index is -0.0796. The number of carbonyl (C=O) groups excluding carboxylic acids is 1. The summed E-state index contributed by atoms with van der Waals surface area (Å²) >= 11 is 6.41. The van der Waals surface area contributed by atoms with E-state index in [0.717, 1.165) is 17.7 Å². The minimum Gasteiger partial charge on any atom is -0.497 e. The number of ether oxygens (including phenoxy) is 3. The Bertz CT molecular complexity index is 866. The lowest BCUT2D eigenvalue weighted by molar-refractivity contribution is 0.0734. The molecule has 3 rings (SSSR count). The topological polar surface area (TPSA) is 48.0 Å². The fraction of sp³-hybridized carbons (Fsp3) is 0.409. The second-order valence-corrected chi connectivity index (χ2v) is 7.71. The molecule has 1 aliphatic rings. The van der Waals surface area contributed by atoms with Gasteiger partial charge in [-0.3, -0.25) is 4.79 Å². The first-order chi connectivity index (χ1) is 13.4. The van der Waals surface area contributed by atoms with Gasteiger partial charge in [-0.25, -0.2) is 0 Å². The predicted molar refractivity (Wildman–Crippen MR) is 110 cm³/mol. The number of benzene rings is 2. The van der Waals surface area contributed by atoms with Gasteiger partial charge in [-0.1, -0.05) is 31.5 Å². The van der Waals surface area contributed by atoms with Gasteiger partial charge < -0.3 is 19.1 Å². The zero-order valence-corrected chi connectivity index (χ0v) is 17.5. The molecule has 0 bridgehead atoms. The average Bonchev–Trinajstić information content (AvgIpc) is 2.70. The van der Waals surface area contributed by atoms with Crippen molar-refractivity contribution in [2.75, 3.05) is 27.4 Å².